The first kappa shape index (κ1) is 9.77. The van der Waals surface area contributed by atoms with Gasteiger partial charge in [0.1, 0.15) is 11.3 Å². The Morgan fingerprint density at radius 2 is 2.31 bits per heavy atom. The molecule has 1 aromatic carbocycles. The Hall–Kier alpha value is -1.43. The van der Waals surface area contributed by atoms with E-state index in [4.69, 9.17) is 0 Å². The lowest BCUT2D eigenvalue weighted by molar-refractivity contribution is 0.627. The van der Waals surface area contributed by atoms with Crippen LogP contribution < -0.4 is 11.0 Å². The second-order valence-electron chi connectivity index (χ2n) is 3.58. The zero-order chi connectivity index (χ0) is 11.3. The molecule has 0 radical (unpaired) electrons. The molecule has 0 spiro atoms. The Bertz CT molecular complexity index is 653. The highest BCUT2D eigenvalue weighted by atomic mass is 79.9. The molecule has 1 aromatic heterocycles. The summed E-state index contributed by atoms with van der Waals surface area (Å²) in [6, 6.07) is 3.36. The minimum absolute atomic E-state index is 0.111. The molecule has 2 heterocycles. The molecule has 0 amide bonds. The van der Waals surface area contributed by atoms with Gasteiger partial charge in [-0.3, -0.25) is 4.57 Å². The van der Waals surface area contributed by atoms with Crippen molar-refractivity contribution in [3.05, 3.63) is 32.9 Å². The summed E-state index contributed by atoms with van der Waals surface area (Å²) < 4.78 is 15.6. The van der Waals surface area contributed by atoms with Crippen LogP contribution in [0.15, 0.2) is 21.4 Å². The fourth-order valence-corrected chi connectivity index (χ4v) is 2.24. The van der Waals surface area contributed by atoms with Crippen LogP contribution in [0.1, 0.15) is 0 Å². The van der Waals surface area contributed by atoms with Crippen LogP contribution in [-0.4, -0.2) is 16.1 Å². The SMILES string of the molecule is O=c1nc2c(F)c(Br)ccc2c2n1CCN2. The molecule has 3 rings (SSSR count). The highest BCUT2D eigenvalue weighted by Crippen LogP contribution is 2.28. The van der Waals surface area contributed by atoms with Crippen molar-refractivity contribution in [2.24, 2.45) is 0 Å². The molecule has 1 N–H and O–H groups in total. The predicted molar refractivity (Wildman–Crippen MR) is 62.2 cm³/mol. The summed E-state index contributed by atoms with van der Waals surface area (Å²) in [7, 11) is 0. The van der Waals surface area contributed by atoms with Gasteiger partial charge in [-0.15, -0.1) is 0 Å². The van der Waals surface area contributed by atoms with E-state index in [0.717, 1.165) is 0 Å². The summed E-state index contributed by atoms with van der Waals surface area (Å²) in [5, 5.41) is 3.71. The van der Waals surface area contributed by atoms with Crippen molar-refractivity contribution in [2.45, 2.75) is 6.54 Å². The molecule has 1 aliphatic heterocycles. The normalized spacial score (nSPS) is 13.9. The number of nitrogens with zero attached hydrogens (tertiary/aromatic N) is 2. The fraction of sp³-hybridized carbons (Fsp3) is 0.200. The minimum atomic E-state index is -0.494. The van der Waals surface area contributed by atoms with E-state index in [9.17, 15) is 9.18 Å². The van der Waals surface area contributed by atoms with Crippen LogP contribution in [0.4, 0.5) is 10.2 Å². The highest BCUT2D eigenvalue weighted by Gasteiger charge is 2.18. The van der Waals surface area contributed by atoms with Crippen LogP contribution in [0, 0.1) is 5.82 Å². The van der Waals surface area contributed by atoms with Crippen molar-refractivity contribution in [2.75, 3.05) is 11.9 Å². The Morgan fingerprint density at radius 3 is 3.12 bits per heavy atom. The number of halogens is 2. The topological polar surface area (TPSA) is 46.9 Å². The predicted octanol–water partition coefficient (Wildman–Crippen LogP) is 1.72. The van der Waals surface area contributed by atoms with E-state index in [0.29, 0.717) is 28.8 Å². The van der Waals surface area contributed by atoms with E-state index >= 15 is 0 Å². The molecule has 82 valence electrons. The molecule has 0 saturated heterocycles. The van der Waals surface area contributed by atoms with Gasteiger partial charge >= 0.3 is 5.69 Å². The van der Waals surface area contributed by atoms with Gasteiger partial charge in [-0.05, 0) is 28.1 Å². The molecular weight excluding hydrogens is 277 g/mol. The summed E-state index contributed by atoms with van der Waals surface area (Å²) in [6.07, 6.45) is 0. The summed E-state index contributed by atoms with van der Waals surface area (Å²) in [4.78, 5) is 15.4. The molecule has 0 aliphatic carbocycles. The quantitative estimate of drug-likeness (QED) is 0.801. The monoisotopic (exact) mass is 283 g/mol. The molecule has 0 atom stereocenters. The maximum Gasteiger partial charge on any atom is 0.349 e. The number of rotatable bonds is 0. The Kier molecular flexibility index (Phi) is 2.00. The number of benzene rings is 1. The van der Waals surface area contributed by atoms with Crippen LogP contribution in [-0.2, 0) is 6.54 Å². The maximum atomic E-state index is 13.8. The van der Waals surface area contributed by atoms with Crippen LogP contribution in [0.25, 0.3) is 10.9 Å². The van der Waals surface area contributed by atoms with Gasteiger partial charge < -0.3 is 5.32 Å². The van der Waals surface area contributed by atoms with Gasteiger partial charge in [0.25, 0.3) is 0 Å². The Morgan fingerprint density at radius 1 is 1.50 bits per heavy atom. The number of hydrogen-bond acceptors (Lipinski definition) is 3. The van der Waals surface area contributed by atoms with Gasteiger partial charge in [0.05, 0.1) is 4.47 Å². The molecule has 0 fully saturated rings. The van der Waals surface area contributed by atoms with E-state index in [1.807, 2.05) is 0 Å². The summed E-state index contributed by atoms with van der Waals surface area (Å²) in [5.74, 6) is 0.160. The zero-order valence-electron chi connectivity index (χ0n) is 8.13. The Labute approximate surface area is 98.2 Å². The standard InChI is InChI=1S/C10H7BrFN3O/c11-6-2-1-5-8(7(6)12)14-10(16)15-4-3-13-9(5)15/h1-2,13H,3-4H2. The molecule has 0 saturated carbocycles. The van der Waals surface area contributed by atoms with Crippen LogP contribution in [0.2, 0.25) is 0 Å². The van der Waals surface area contributed by atoms with Crippen LogP contribution in [0.3, 0.4) is 0 Å². The molecule has 0 bridgehead atoms. The van der Waals surface area contributed by atoms with Crippen molar-refractivity contribution < 1.29 is 4.39 Å². The van der Waals surface area contributed by atoms with Crippen LogP contribution in [0.5, 0.6) is 0 Å². The average Bonchev–Trinajstić information content (AvgIpc) is 2.74. The summed E-state index contributed by atoms with van der Waals surface area (Å²) in [5.41, 5.74) is -0.301. The number of nitrogens with one attached hydrogen (secondary N) is 1. The second-order valence-corrected chi connectivity index (χ2v) is 4.43. The van der Waals surface area contributed by atoms with Gasteiger partial charge in [-0.25, -0.2) is 9.18 Å². The van der Waals surface area contributed by atoms with Gasteiger partial charge in [0.2, 0.25) is 0 Å². The lowest BCUT2D eigenvalue weighted by Crippen LogP contribution is -2.21. The maximum absolute atomic E-state index is 13.8. The summed E-state index contributed by atoms with van der Waals surface area (Å²) in [6.45, 7) is 1.25. The van der Waals surface area contributed by atoms with E-state index < -0.39 is 11.5 Å². The first-order valence-electron chi connectivity index (χ1n) is 4.81. The first-order valence-corrected chi connectivity index (χ1v) is 5.60. The number of hydrogen-bond donors (Lipinski definition) is 1. The average molecular weight is 284 g/mol. The van der Waals surface area contributed by atoms with Crippen molar-refractivity contribution in [1.29, 1.82) is 0 Å². The molecule has 6 heteroatoms. The van der Waals surface area contributed by atoms with E-state index in [-0.39, 0.29) is 5.52 Å². The number of anilines is 1. The van der Waals surface area contributed by atoms with Crippen LogP contribution >= 0.6 is 15.9 Å². The minimum Gasteiger partial charge on any atom is -0.369 e. The van der Waals surface area contributed by atoms with Crippen molar-refractivity contribution in [1.82, 2.24) is 9.55 Å². The third-order valence-electron chi connectivity index (χ3n) is 2.66. The van der Waals surface area contributed by atoms with E-state index in [1.54, 1.807) is 12.1 Å². The molecule has 4 nitrogen and oxygen atoms in total. The van der Waals surface area contributed by atoms with Gasteiger partial charge in [0.15, 0.2) is 5.82 Å². The van der Waals surface area contributed by atoms with Crippen molar-refractivity contribution in [3.63, 3.8) is 0 Å². The van der Waals surface area contributed by atoms with Gasteiger partial charge in [-0.2, -0.15) is 4.98 Å². The Balaban J connectivity index is 2.52. The van der Waals surface area contributed by atoms with Crippen molar-refractivity contribution >= 4 is 32.7 Å². The molecule has 16 heavy (non-hydrogen) atoms. The van der Waals surface area contributed by atoms with Crippen molar-refractivity contribution in [3.8, 4) is 0 Å². The lowest BCUT2D eigenvalue weighted by atomic mass is 10.2. The smallest absolute Gasteiger partial charge is 0.349 e. The molecule has 2 aromatic rings. The largest absolute Gasteiger partial charge is 0.369 e. The van der Waals surface area contributed by atoms with E-state index in [1.165, 1.54) is 4.57 Å². The number of fused-ring (bicyclic) bond motifs is 3. The lowest BCUT2D eigenvalue weighted by Gasteiger charge is -2.07. The number of aromatic nitrogens is 2. The molecular formula is C10H7BrFN3O. The first-order chi connectivity index (χ1) is 7.68. The second kappa shape index (κ2) is 3.28. The van der Waals surface area contributed by atoms with Gasteiger partial charge in [-0.1, -0.05) is 0 Å². The van der Waals surface area contributed by atoms with Gasteiger partial charge in [0, 0.05) is 18.5 Å². The third kappa shape index (κ3) is 1.19. The van der Waals surface area contributed by atoms with E-state index in [2.05, 4.69) is 26.2 Å². The molecule has 1 aliphatic rings. The highest BCUT2D eigenvalue weighted by molar-refractivity contribution is 9.10. The fourth-order valence-electron chi connectivity index (χ4n) is 1.92. The molecule has 0 unspecified atom stereocenters. The zero-order valence-corrected chi connectivity index (χ0v) is 9.71. The third-order valence-corrected chi connectivity index (χ3v) is 3.27. The summed E-state index contributed by atoms with van der Waals surface area (Å²) >= 11 is 3.08.